The van der Waals surface area contributed by atoms with Crippen LogP contribution in [0, 0.1) is 5.92 Å². The van der Waals surface area contributed by atoms with Crippen LogP contribution in [0.25, 0.3) is 0 Å². The summed E-state index contributed by atoms with van der Waals surface area (Å²) in [7, 11) is 0. The summed E-state index contributed by atoms with van der Waals surface area (Å²) < 4.78 is 5.22. The predicted octanol–water partition coefficient (Wildman–Crippen LogP) is 3.12. The highest BCUT2D eigenvalue weighted by Crippen LogP contribution is 2.27. The van der Waals surface area contributed by atoms with Crippen LogP contribution >= 0.6 is 12.4 Å². The molecule has 0 bridgehead atoms. The summed E-state index contributed by atoms with van der Waals surface area (Å²) in [6.45, 7) is 3.63. The predicted molar refractivity (Wildman–Crippen MR) is 100 cm³/mol. The van der Waals surface area contributed by atoms with Crippen LogP contribution in [-0.4, -0.2) is 24.0 Å². The van der Waals surface area contributed by atoms with Crippen molar-refractivity contribution < 1.29 is 14.3 Å². The van der Waals surface area contributed by atoms with Gasteiger partial charge in [0.1, 0.15) is 0 Å². The molecule has 25 heavy (non-hydrogen) atoms. The van der Waals surface area contributed by atoms with Crippen molar-refractivity contribution in [1.29, 1.82) is 0 Å². The second kappa shape index (κ2) is 10.4. The molecular weight excluding hydrogens is 340 g/mol. The highest BCUT2D eigenvalue weighted by Gasteiger charge is 2.27. The zero-order valence-electron chi connectivity index (χ0n) is 14.9. The standard InChI is InChI=1S/C19H28N2O3.ClH/c1-13(2)24-19(23)12-17(14-7-4-3-5-8-14)21-18(22)11-15-9-6-10-16(15)20;/h3-5,7-8,13,15-17H,6,9-12,20H2,1-2H3,(H,21,22);1H/t15-,16+,17?;/m0./s1. The number of hydrogen-bond donors (Lipinski definition) is 2. The molecule has 1 aromatic carbocycles. The van der Waals surface area contributed by atoms with Crippen LogP contribution in [0.5, 0.6) is 0 Å². The van der Waals surface area contributed by atoms with Crippen LogP contribution in [0.2, 0.25) is 0 Å². The summed E-state index contributed by atoms with van der Waals surface area (Å²) in [6.07, 6.45) is 3.46. The lowest BCUT2D eigenvalue weighted by Crippen LogP contribution is -2.35. The van der Waals surface area contributed by atoms with Gasteiger partial charge in [-0.15, -0.1) is 12.4 Å². The molecule has 1 aromatic rings. The van der Waals surface area contributed by atoms with E-state index in [1.54, 1.807) is 0 Å². The molecule has 0 heterocycles. The van der Waals surface area contributed by atoms with Crippen molar-refractivity contribution in [1.82, 2.24) is 5.32 Å². The van der Waals surface area contributed by atoms with E-state index in [2.05, 4.69) is 5.32 Å². The van der Waals surface area contributed by atoms with Crippen molar-refractivity contribution >= 4 is 24.3 Å². The van der Waals surface area contributed by atoms with E-state index in [9.17, 15) is 9.59 Å². The average molecular weight is 369 g/mol. The molecule has 0 radical (unpaired) electrons. The van der Waals surface area contributed by atoms with E-state index in [0.717, 1.165) is 24.8 Å². The van der Waals surface area contributed by atoms with Gasteiger partial charge in [0, 0.05) is 12.5 Å². The summed E-state index contributed by atoms with van der Waals surface area (Å²) in [6, 6.07) is 9.26. The first-order valence-corrected chi connectivity index (χ1v) is 8.75. The molecule has 140 valence electrons. The van der Waals surface area contributed by atoms with Crippen LogP contribution < -0.4 is 11.1 Å². The van der Waals surface area contributed by atoms with Crippen LogP contribution in [0.15, 0.2) is 30.3 Å². The Labute approximate surface area is 156 Å². The first-order valence-electron chi connectivity index (χ1n) is 8.75. The Morgan fingerprint density at radius 3 is 2.48 bits per heavy atom. The van der Waals surface area contributed by atoms with Crippen LogP contribution in [0.4, 0.5) is 0 Å². The van der Waals surface area contributed by atoms with Crippen molar-refractivity contribution in [2.45, 2.75) is 64.1 Å². The number of ether oxygens (including phenoxy) is 1. The summed E-state index contributed by atoms with van der Waals surface area (Å²) >= 11 is 0. The SMILES string of the molecule is CC(C)OC(=O)CC(NC(=O)C[C@@H]1CCC[C@H]1N)c1ccccc1.Cl. The zero-order chi connectivity index (χ0) is 17.5. The van der Waals surface area contributed by atoms with Gasteiger partial charge >= 0.3 is 5.97 Å². The van der Waals surface area contributed by atoms with E-state index < -0.39 is 0 Å². The fraction of sp³-hybridized carbons (Fsp3) is 0.579. The number of halogens is 1. The molecule has 3 atom stereocenters. The Morgan fingerprint density at radius 2 is 1.92 bits per heavy atom. The third-order valence-corrected chi connectivity index (χ3v) is 4.44. The quantitative estimate of drug-likeness (QED) is 0.724. The summed E-state index contributed by atoms with van der Waals surface area (Å²) in [4.78, 5) is 24.4. The van der Waals surface area contributed by atoms with Gasteiger partial charge in [0.2, 0.25) is 5.91 Å². The van der Waals surface area contributed by atoms with Crippen LogP contribution in [-0.2, 0) is 14.3 Å². The molecule has 3 N–H and O–H groups in total. The van der Waals surface area contributed by atoms with Crippen molar-refractivity contribution in [2.75, 3.05) is 0 Å². The van der Waals surface area contributed by atoms with Gasteiger partial charge in [0.05, 0.1) is 18.6 Å². The summed E-state index contributed by atoms with van der Waals surface area (Å²) in [5, 5.41) is 2.99. The Morgan fingerprint density at radius 1 is 1.24 bits per heavy atom. The van der Waals surface area contributed by atoms with Gasteiger partial charge in [-0.3, -0.25) is 9.59 Å². The molecule has 0 aliphatic heterocycles. The molecule has 1 aliphatic carbocycles. The second-order valence-electron chi connectivity index (χ2n) is 6.83. The minimum absolute atomic E-state index is 0. The number of carbonyl (C=O) groups is 2. The van der Waals surface area contributed by atoms with Crippen LogP contribution in [0.1, 0.15) is 57.6 Å². The van der Waals surface area contributed by atoms with E-state index in [1.807, 2.05) is 44.2 Å². The van der Waals surface area contributed by atoms with Gasteiger partial charge in [0.15, 0.2) is 0 Å². The topological polar surface area (TPSA) is 81.4 Å². The monoisotopic (exact) mass is 368 g/mol. The highest BCUT2D eigenvalue weighted by molar-refractivity contribution is 5.85. The Bertz CT molecular complexity index is 551. The van der Waals surface area contributed by atoms with Crippen molar-refractivity contribution in [2.24, 2.45) is 11.7 Å². The molecule has 6 heteroatoms. The molecule has 1 fully saturated rings. The Kier molecular flexibility index (Phi) is 8.93. The smallest absolute Gasteiger partial charge is 0.308 e. The van der Waals surface area contributed by atoms with Crippen molar-refractivity contribution in [3.8, 4) is 0 Å². The van der Waals surface area contributed by atoms with Crippen molar-refractivity contribution in [3.05, 3.63) is 35.9 Å². The average Bonchev–Trinajstić information content (AvgIpc) is 2.91. The normalized spacial score (nSPS) is 20.6. The molecule has 1 saturated carbocycles. The maximum Gasteiger partial charge on any atom is 0.308 e. The highest BCUT2D eigenvalue weighted by atomic mass is 35.5. The Balaban J connectivity index is 0.00000312. The number of nitrogens with two attached hydrogens (primary N) is 1. The molecule has 2 rings (SSSR count). The summed E-state index contributed by atoms with van der Waals surface area (Å²) in [5.74, 6) is -0.121. The largest absolute Gasteiger partial charge is 0.463 e. The van der Waals surface area contributed by atoms with Gasteiger partial charge in [-0.1, -0.05) is 36.8 Å². The number of amides is 1. The lowest BCUT2D eigenvalue weighted by Gasteiger charge is -2.21. The fourth-order valence-corrected chi connectivity index (χ4v) is 3.23. The van der Waals surface area contributed by atoms with Gasteiger partial charge < -0.3 is 15.8 Å². The third-order valence-electron chi connectivity index (χ3n) is 4.44. The van der Waals surface area contributed by atoms with Gasteiger partial charge in [-0.2, -0.15) is 0 Å². The molecule has 5 nitrogen and oxygen atoms in total. The van der Waals surface area contributed by atoms with E-state index in [4.69, 9.17) is 10.5 Å². The minimum atomic E-state index is -0.373. The van der Waals surface area contributed by atoms with Gasteiger partial charge in [-0.05, 0) is 38.2 Å². The molecule has 1 aliphatic rings. The van der Waals surface area contributed by atoms with E-state index in [-0.39, 0.29) is 54.8 Å². The zero-order valence-corrected chi connectivity index (χ0v) is 15.8. The van der Waals surface area contributed by atoms with Crippen molar-refractivity contribution in [3.63, 3.8) is 0 Å². The van der Waals surface area contributed by atoms with Gasteiger partial charge in [-0.25, -0.2) is 0 Å². The van der Waals surface area contributed by atoms with E-state index in [0.29, 0.717) is 6.42 Å². The minimum Gasteiger partial charge on any atom is -0.463 e. The van der Waals surface area contributed by atoms with Gasteiger partial charge in [0.25, 0.3) is 0 Å². The molecule has 0 aromatic heterocycles. The number of hydrogen-bond acceptors (Lipinski definition) is 4. The Hall–Kier alpha value is -1.59. The number of benzene rings is 1. The maximum absolute atomic E-state index is 12.4. The number of rotatable bonds is 7. The lowest BCUT2D eigenvalue weighted by atomic mass is 9.98. The fourth-order valence-electron chi connectivity index (χ4n) is 3.23. The van der Waals surface area contributed by atoms with E-state index in [1.165, 1.54) is 0 Å². The molecule has 0 saturated heterocycles. The molecule has 0 spiro atoms. The number of nitrogens with one attached hydrogen (secondary N) is 1. The third kappa shape index (κ3) is 7.04. The molecule has 1 amide bonds. The lowest BCUT2D eigenvalue weighted by molar-refractivity contribution is -0.148. The molecular formula is C19H29ClN2O3. The van der Waals surface area contributed by atoms with E-state index >= 15 is 0 Å². The number of carbonyl (C=O) groups excluding carboxylic acids is 2. The first-order chi connectivity index (χ1) is 11.5. The molecule has 1 unspecified atom stereocenters. The number of esters is 1. The second-order valence-corrected chi connectivity index (χ2v) is 6.83. The first kappa shape index (κ1) is 21.5. The van der Waals surface area contributed by atoms with Crippen LogP contribution in [0.3, 0.4) is 0 Å². The summed E-state index contributed by atoms with van der Waals surface area (Å²) in [5.41, 5.74) is 6.96. The maximum atomic E-state index is 12.4.